The molecule has 0 aliphatic carbocycles. The molecule has 0 radical (unpaired) electrons. The number of anilines is 2. The second kappa shape index (κ2) is 11.3. The molecule has 2 atom stereocenters. The predicted octanol–water partition coefficient (Wildman–Crippen LogP) is 5.46. The van der Waals surface area contributed by atoms with E-state index in [0.29, 0.717) is 11.5 Å². The molecule has 6 nitrogen and oxygen atoms in total. The maximum Gasteiger partial charge on any atom is 0.252 e. The third kappa shape index (κ3) is 5.17. The lowest BCUT2D eigenvalue weighted by Gasteiger charge is -2.29. The van der Waals surface area contributed by atoms with Gasteiger partial charge in [-0.2, -0.15) is 0 Å². The SMILES string of the molecule is C=CNc1c(C(N)=O)c(N(C)CCNC)cc(-c2ccc3c(c2)N=C[C@@H](CC)C3)c1[C@H](C)CC. The Morgan fingerprint density at radius 1 is 1.35 bits per heavy atom. The molecule has 0 fully saturated rings. The van der Waals surface area contributed by atoms with Crippen LogP contribution in [0.3, 0.4) is 0 Å². The molecule has 0 spiro atoms. The lowest BCUT2D eigenvalue weighted by atomic mass is 9.84. The second-order valence-corrected chi connectivity index (χ2v) is 9.15. The van der Waals surface area contributed by atoms with Crippen LogP contribution in [-0.4, -0.2) is 39.3 Å². The van der Waals surface area contributed by atoms with Gasteiger partial charge in [-0.3, -0.25) is 9.79 Å². The van der Waals surface area contributed by atoms with Crippen LogP contribution in [0, 0.1) is 5.92 Å². The molecule has 3 rings (SSSR count). The van der Waals surface area contributed by atoms with Gasteiger partial charge in [0.1, 0.15) is 0 Å². The average Bonchev–Trinajstić information content (AvgIpc) is 2.85. The number of rotatable bonds is 11. The van der Waals surface area contributed by atoms with Crippen LogP contribution in [0.2, 0.25) is 0 Å². The summed E-state index contributed by atoms with van der Waals surface area (Å²) in [4.78, 5) is 19.6. The van der Waals surface area contributed by atoms with E-state index in [4.69, 9.17) is 10.7 Å². The Morgan fingerprint density at radius 2 is 2.12 bits per heavy atom. The fourth-order valence-electron chi connectivity index (χ4n) is 4.64. The Morgan fingerprint density at radius 3 is 2.74 bits per heavy atom. The summed E-state index contributed by atoms with van der Waals surface area (Å²) in [5.74, 6) is 0.253. The molecule has 0 bridgehead atoms. The van der Waals surface area contributed by atoms with E-state index in [9.17, 15) is 4.79 Å². The number of nitrogens with zero attached hydrogens (tertiary/aromatic N) is 2. The maximum absolute atomic E-state index is 12.7. The minimum atomic E-state index is -0.451. The first-order chi connectivity index (χ1) is 16.4. The summed E-state index contributed by atoms with van der Waals surface area (Å²) in [6.07, 6.45) is 6.75. The summed E-state index contributed by atoms with van der Waals surface area (Å²) in [5.41, 5.74) is 13.6. The topological polar surface area (TPSA) is 82.8 Å². The van der Waals surface area contributed by atoms with E-state index in [1.165, 1.54) is 5.56 Å². The lowest BCUT2D eigenvalue weighted by Crippen LogP contribution is -2.30. The molecule has 182 valence electrons. The van der Waals surface area contributed by atoms with E-state index in [1.54, 1.807) is 6.20 Å². The molecule has 2 aromatic rings. The molecule has 1 aliphatic rings. The summed E-state index contributed by atoms with van der Waals surface area (Å²) >= 11 is 0. The minimum Gasteiger partial charge on any atom is -0.373 e. The first-order valence-electron chi connectivity index (χ1n) is 12.3. The molecule has 1 aliphatic heterocycles. The van der Waals surface area contributed by atoms with Crippen LogP contribution in [0.4, 0.5) is 17.1 Å². The number of likely N-dealkylation sites (N-methyl/N-ethyl adjacent to an activating group) is 2. The number of amides is 1. The average molecular weight is 462 g/mol. The molecule has 2 aromatic carbocycles. The number of hydrogen-bond donors (Lipinski definition) is 3. The van der Waals surface area contributed by atoms with Gasteiger partial charge in [0.25, 0.3) is 5.91 Å². The Balaban J connectivity index is 2.29. The zero-order valence-corrected chi connectivity index (χ0v) is 21.2. The Hall–Kier alpha value is -3.12. The molecular weight excluding hydrogens is 422 g/mol. The van der Waals surface area contributed by atoms with Crippen LogP contribution >= 0.6 is 0 Å². The smallest absolute Gasteiger partial charge is 0.252 e. The number of aliphatic imine (C=N–C) groups is 1. The molecule has 0 saturated heterocycles. The van der Waals surface area contributed by atoms with Gasteiger partial charge in [0, 0.05) is 26.4 Å². The fourth-order valence-corrected chi connectivity index (χ4v) is 4.64. The van der Waals surface area contributed by atoms with Crippen LogP contribution in [-0.2, 0) is 6.42 Å². The second-order valence-electron chi connectivity index (χ2n) is 9.15. The van der Waals surface area contributed by atoms with Crippen molar-refractivity contribution in [2.24, 2.45) is 16.6 Å². The van der Waals surface area contributed by atoms with Crippen molar-refractivity contribution in [3.8, 4) is 11.1 Å². The molecule has 0 saturated carbocycles. The third-order valence-corrected chi connectivity index (χ3v) is 6.88. The first-order valence-corrected chi connectivity index (χ1v) is 12.3. The fraction of sp³-hybridized carbons (Fsp3) is 0.429. The zero-order chi connectivity index (χ0) is 24.8. The van der Waals surface area contributed by atoms with Crippen molar-refractivity contribution in [1.29, 1.82) is 0 Å². The summed E-state index contributed by atoms with van der Waals surface area (Å²) < 4.78 is 0. The van der Waals surface area contributed by atoms with Crippen LogP contribution in [0.1, 0.15) is 61.0 Å². The van der Waals surface area contributed by atoms with Gasteiger partial charge in [-0.25, -0.2) is 0 Å². The normalized spacial score (nSPS) is 15.5. The lowest BCUT2D eigenvalue weighted by molar-refractivity contribution is 0.100. The van der Waals surface area contributed by atoms with Gasteiger partial charge in [0.15, 0.2) is 0 Å². The largest absolute Gasteiger partial charge is 0.373 e. The first kappa shape index (κ1) is 25.5. The molecule has 34 heavy (non-hydrogen) atoms. The summed E-state index contributed by atoms with van der Waals surface area (Å²) in [7, 11) is 3.91. The van der Waals surface area contributed by atoms with Crippen LogP contribution in [0.15, 0.2) is 42.0 Å². The number of benzene rings is 2. The van der Waals surface area contributed by atoms with Gasteiger partial charge < -0.3 is 21.3 Å². The number of fused-ring (bicyclic) bond motifs is 1. The van der Waals surface area contributed by atoms with E-state index in [1.807, 2.05) is 14.1 Å². The van der Waals surface area contributed by atoms with E-state index < -0.39 is 5.91 Å². The van der Waals surface area contributed by atoms with Gasteiger partial charge in [0.2, 0.25) is 0 Å². The molecule has 0 aromatic heterocycles. The number of carbonyl (C=O) groups is 1. The van der Waals surface area contributed by atoms with E-state index in [-0.39, 0.29) is 5.92 Å². The van der Waals surface area contributed by atoms with Gasteiger partial charge >= 0.3 is 0 Å². The van der Waals surface area contributed by atoms with Gasteiger partial charge in [0.05, 0.1) is 22.6 Å². The highest BCUT2D eigenvalue weighted by atomic mass is 16.1. The number of carbonyl (C=O) groups excluding carboxylic acids is 1. The molecule has 4 N–H and O–H groups in total. The van der Waals surface area contributed by atoms with E-state index in [0.717, 1.165) is 66.1 Å². The number of hydrogen-bond acceptors (Lipinski definition) is 5. The van der Waals surface area contributed by atoms with Crippen molar-refractivity contribution in [3.63, 3.8) is 0 Å². The molecular formula is C28H39N5O. The van der Waals surface area contributed by atoms with Crippen molar-refractivity contribution >= 4 is 29.2 Å². The summed E-state index contributed by atoms with van der Waals surface area (Å²) in [5, 5.41) is 6.45. The predicted molar refractivity (Wildman–Crippen MR) is 146 cm³/mol. The van der Waals surface area contributed by atoms with Gasteiger partial charge in [-0.05, 0) is 78.7 Å². The van der Waals surface area contributed by atoms with Gasteiger partial charge in [-0.1, -0.05) is 39.5 Å². The van der Waals surface area contributed by atoms with Crippen molar-refractivity contribution < 1.29 is 4.79 Å². The summed E-state index contributed by atoms with van der Waals surface area (Å²) in [6, 6.07) is 8.69. The highest BCUT2D eigenvalue weighted by Crippen LogP contribution is 2.44. The Bertz CT molecular complexity index is 1070. The molecule has 1 heterocycles. The quantitative estimate of drug-likeness (QED) is 0.415. The van der Waals surface area contributed by atoms with E-state index in [2.05, 4.69) is 73.4 Å². The third-order valence-electron chi connectivity index (χ3n) is 6.88. The van der Waals surface area contributed by atoms with Crippen molar-refractivity contribution in [2.75, 3.05) is 37.4 Å². The minimum absolute atomic E-state index is 0.205. The standard InChI is InChI=1S/C28H39N5O/c1-7-18(4)25-22(20-10-11-21-14-19(8-2)17-32-23(21)15-20)16-24(33(6)13-12-30-5)26(28(29)34)27(25)31-9-3/h9-11,15-19,30-31H,3,7-8,12-14H2,1-2,4-6H3,(H2,29,34)/t18-,19+/m1/s1. The van der Waals surface area contributed by atoms with Crippen LogP contribution < -0.4 is 21.3 Å². The Labute approximate surface area is 204 Å². The van der Waals surface area contributed by atoms with Crippen molar-refractivity contribution in [1.82, 2.24) is 5.32 Å². The molecule has 0 unspecified atom stereocenters. The molecule has 6 heteroatoms. The number of nitrogens with two attached hydrogens (primary N) is 1. The van der Waals surface area contributed by atoms with Crippen LogP contribution in [0.5, 0.6) is 0 Å². The van der Waals surface area contributed by atoms with E-state index >= 15 is 0 Å². The van der Waals surface area contributed by atoms with Crippen molar-refractivity contribution in [3.05, 3.63) is 53.7 Å². The summed E-state index contributed by atoms with van der Waals surface area (Å²) in [6.45, 7) is 11.9. The highest BCUT2D eigenvalue weighted by molar-refractivity contribution is 6.07. The Kier molecular flexibility index (Phi) is 8.51. The monoisotopic (exact) mass is 461 g/mol. The number of nitrogens with one attached hydrogen (secondary N) is 2. The van der Waals surface area contributed by atoms with Gasteiger partial charge in [-0.15, -0.1) is 0 Å². The highest BCUT2D eigenvalue weighted by Gasteiger charge is 2.26. The van der Waals surface area contributed by atoms with Crippen LogP contribution in [0.25, 0.3) is 11.1 Å². The number of primary amides is 1. The van der Waals surface area contributed by atoms with Crippen molar-refractivity contribution in [2.45, 2.75) is 46.0 Å². The molecule has 1 amide bonds. The maximum atomic E-state index is 12.7. The zero-order valence-electron chi connectivity index (χ0n) is 21.2.